The molecule has 2 unspecified atom stereocenters. The van der Waals surface area contributed by atoms with Crippen LogP contribution in [-0.2, 0) is 4.79 Å². The van der Waals surface area contributed by atoms with Crippen molar-refractivity contribution in [2.24, 2.45) is 5.73 Å². The van der Waals surface area contributed by atoms with Gasteiger partial charge in [0.2, 0.25) is 5.91 Å². The summed E-state index contributed by atoms with van der Waals surface area (Å²) in [6.45, 7) is 2.83. The fourth-order valence-corrected chi connectivity index (χ4v) is 2.77. The number of hydrogen-bond acceptors (Lipinski definition) is 4. The molecule has 1 aliphatic heterocycles. The van der Waals surface area contributed by atoms with Crippen LogP contribution in [-0.4, -0.2) is 23.5 Å². The molecule has 2 heterocycles. The zero-order valence-corrected chi connectivity index (χ0v) is 8.80. The molecule has 5 heteroatoms. The van der Waals surface area contributed by atoms with Gasteiger partial charge in [-0.2, -0.15) is 0 Å². The number of nitrogens with one attached hydrogen (secondary N) is 1. The van der Waals surface area contributed by atoms with Gasteiger partial charge in [-0.3, -0.25) is 4.79 Å². The summed E-state index contributed by atoms with van der Waals surface area (Å²) >= 11 is 1.66. The van der Waals surface area contributed by atoms with Crippen LogP contribution in [0, 0.1) is 6.92 Å². The molecule has 3 N–H and O–H groups in total. The Morgan fingerprint density at radius 1 is 1.79 bits per heavy atom. The lowest BCUT2D eigenvalue weighted by molar-refractivity contribution is -0.119. The van der Waals surface area contributed by atoms with Gasteiger partial charge in [-0.05, 0) is 13.3 Å². The summed E-state index contributed by atoms with van der Waals surface area (Å²) in [6, 6.07) is -0.165. The summed E-state index contributed by atoms with van der Waals surface area (Å²) in [5, 5.41) is 3.13. The van der Waals surface area contributed by atoms with E-state index in [1.807, 2.05) is 12.4 Å². The molecule has 1 aliphatic rings. The Bertz CT molecular complexity index is 350. The molecule has 76 valence electrons. The lowest BCUT2D eigenvalue weighted by atomic mass is 10.0. The van der Waals surface area contributed by atoms with Crippen molar-refractivity contribution in [3.63, 3.8) is 0 Å². The van der Waals surface area contributed by atoms with E-state index in [-0.39, 0.29) is 11.9 Å². The molecular formula is C9H13N3OS. The quantitative estimate of drug-likeness (QED) is 0.743. The average Bonchev–Trinajstić information content (AvgIpc) is 2.71. The van der Waals surface area contributed by atoms with Crippen LogP contribution in [0.2, 0.25) is 0 Å². The SMILES string of the molecule is Cc1ncsc1C1CNC(C(N)=O)C1. The number of nitrogens with zero attached hydrogens (tertiary/aromatic N) is 1. The molecule has 0 spiro atoms. The summed E-state index contributed by atoms with van der Waals surface area (Å²) in [5.74, 6) is 0.148. The Kier molecular flexibility index (Phi) is 2.52. The first-order valence-electron chi connectivity index (χ1n) is 4.61. The average molecular weight is 211 g/mol. The van der Waals surface area contributed by atoms with E-state index >= 15 is 0 Å². The smallest absolute Gasteiger partial charge is 0.234 e. The summed E-state index contributed by atoms with van der Waals surface area (Å²) in [6.07, 6.45) is 0.804. The third-order valence-electron chi connectivity index (χ3n) is 2.63. The summed E-state index contributed by atoms with van der Waals surface area (Å²) < 4.78 is 0. The van der Waals surface area contributed by atoms with Gasteiger partial charge >= 0.3 is 0 Å². The molecule has 1 saturated heterocycles. The second kappa shape index (κ2) is 3.67. The Hall–Kier alpha value is -0.940. The summed E-state index contributed by atoms with van der Waals surface area (Å²) in [5.41, 5.74) is 8.16. The molecule has 1 aromatic rings. The van der Waals surface area contributed by atoms with Crippen LogP contribution >= 0.6 is 11.3 Å². The van der Waals surface area contributed by atoms with Crippen LogP contribution < -0.4 is 11.1 Å². The topological polar surface area (TPSA) is 68.0 Å². The lowest BCUT2D eigenvalue weighted by Crippen LogP contribution is -2.36. The van der Waals surface area contributed by atoms with Gasteiger partial charge in [0.1, 0.15) is 0 Å². The van der Waals surface area contributed by atoms with Crippen LogP contribution in [0.15, 0.2) is 5.51 Å². The molecule has 0 bridgehead atoms. The van der Waals surface area contributed by atoms with Gasteiger partial charge in [-0.1, -0.05) is 0 Å². The minimum atomic E-state index is -0.255. The van der Waals surface area contributed by atoms with E-state index in [2.05, 4.69) is 10.3 Å². The highest BCUT2D eigenvalue weighted by molar-refractivity contribution is 7.09. The van der Waals surface area contributed by atoms with Crippen LogP contribution in [0.1, 0.15) is 22.9 Å². The standard InChI is InChI=1S/C9H13N3OS/c1-5-8(14-4-12-5)6-2-7(9(10)13)11-3-6/h4,6-7,11H,2-3H2,1H3,(H2,10,13). The van der Waals surface area contributed by atoms with Crippen molar-refractivity contribution in [3.8, 4) is 0 Å². The Labute approximate surface area is 86.5 Å². The van der Waals surface area contributed by atoms with Gasteiger partial charge in [0.05, 0.1) is 17.2 Å². The Morgan fingerprint density at radius 3 is 3.07 bits per heavy atom. The molecular weight excluding hydrogens is 198 g/mol. The third kappa shape index (κ3) is 1.65. The van der Waals surface area contributed by atoms with Crippen LogP contribution in [0.3, 0.4) is 0 Å². The van der Waals surface area contributed by atoms with Crippen LogP contribution in [0.4, 0.5) is 0 Å². The van der Waals surface area contributed by atoms with E-state index in [1.54, 1.807) is 11.3 Å². The predicted octanol–water partition coefficient (Wildman–Crippen LogP) is 0.382. The first kappa shape index (κ1) is 9.61. The van der Waals surface area contributed by atoms with Gasteiger partial charge in [0.25, 0.3) is 0 Å². The highest BCUT2D eigenvalue weighted by Gasteiger charge is 2.30. The predicted molar refractivity (Wildman–Crippen MR) is 55.2 cm³/mol. The Morgan fingerprint density at radius 2 is 2.57 bits per heavy atom. The fraction of sp³-hybridized carbons (Fsp3) is 0.556. The maximum absolute atomic E-state index is 10.9. The molecule has 1 amide bonds. The minimum Gasteiger partial charge on any atom is -0.368 e. The van der Waals surface area contributed by atoms with E-state index in [4.69, 9.17) is 5.73 Å². The highest BCUT2D eigenvalue weighted by Crippen LogP contribution is 2.30. The molecule has 1 aromatic heterocycles. The lowest BCUT2D eigenvalue weighted by Gasteiger charge is -2.06. The first-order chi connectivity index (χ1) is 6.68. The molecule has 2 atom stereocenters. The molecule has 0 saturated carbocycles. The molecule has 14 heavy (non-hydrogen) atoms. The van der Waals surface area contributed by atoms with E-state index < -0.39 is 0 Å². The molecule has 0 aliphatic carbocycles. The van der Waals surface area contributed by atoms with E-state index in [0.29, 0.717) is 5.92 Å². The number of carbonyl (C=O) groups excluding carboxylic acids is 1. The second-order valence-electron chi connectivity index (χ2n) is 3.60. The number of amides is 1. The zero-order valence-electron chi connectivity index (χ0n) is 7.99. The number of aryl methyl sites for hydroxylation is 1. The highest BCUT2D eigenvalue weighted by atomic mass is 32.1. The fourth-order valence-electron chi connectivity index (χ4n) is 1.85. The van der Waals surface area contributed by atoms with Crippen molar-refractivity contribution in [3.05, 3.63) is 16.1 Å². The number of thiazole rings is 1. The summed E-state index contributed by atoms with van der Waals surface area (Å²) in [4.78, 5) is 16.4. The maximum Gasteiger partial charge on any atom is 0.234 e. The maximum atomic E-state index is 10.9. The van der Waals surface area contributed by atoms with Gasteiger partial charge in [0, 0.05) is 17.3 Å². The summed E-state index contributed by atoms with van der Waals surface area (Å²) in [7, 11) is 0. The van der Waals surface area contributed by atoms with E-state index in [9.17, 15) is 4.79 Å². The monoisotopic (exact) mass is 211 g/mol. The number of nitrogens with two attached hydrogens (primary N) is 1. The number of primary amides is 1. The zero-order chi connectivity index (χ0) is 10.1. The van der Waals surface area contributed by atoms with Gasteiger partial charge in [0.15, 0.2) is 0 Å². The van der Waals surface area contributed by atoms with Crippen molar-refractivity contribution in [2.75, 3.05) is 6.54 Å². The molecule has 0 radical (unpaired) electrons. The van der Waals surface area contributed by atoms with Crippen molar-refractivity contribution in [1.29, 1.82) is 0 Å². The van der Waals surface area contributed by atoms with Crippen molar-refractivity contribution in [2.45, 2.75) is 25.3 Å². The largest absolute Gasteiger partial charge is 0.368 e. The van der Waals surface area contributed by atoms with E-state index in [0.717, 1.165) is 18.7 Å². The number of hydrogen-bond donors (Lipinski definition) is 2. The number of aromatic nitrogens is 1. The molecule has 4 nitrogen and oxygen atoms in total. The third-order valence-corrected chi connectivity index (χ3v) is 3.72. The van der Waals surface area contributed by atoms with Crippen molar-refractivity contribution in [1.82, 2.24) is 10.3 Å². The van der Waals surface area contributed by atoms with Gasteiger partial charge in [-0.15, -0.1) is 11.3 Å². The molecule has 1 fully saturated rings. The van der Waals surface area contributed by atoms with Gasteiger partial charge in [-0.25, -0.2) is 4.98 Å². The minimum absolute atomic E-state index is 0.165. The second-order valence-corrected chi connectivity index (χ2v) is 4.48. The molecule has 0 aromatic carbocycles. The molecule has 2 rings (SSSR count). The van der Waals surface area contributed by atoms with Crippen molar-refractivity contribution < 1.29 is 4.79 Å². The van der Waals surface area contributed by atoms with Crippen molar-refractivity contribution >= 4 is 17.2 Å². The van der Waals surface area contributed by atoms with Gasteiger partial charge < -0.3 is 11.1 Å². The normalized spacial score (nSPS) is 26.6. The van der Waals surface area contributed by atoms with Crippen LogP contribution in [0.5, 0.6) is 0 Å². The number of rotatable bonds is 2. The Balaban J connectivity index is 2.10. The number of carbonyl (C=O) groups is 1. The first-order valence-corrected chi connectivity index (χ1v) is 5.49. The van der Waals surface area contributed by atoms with E-state index in [1.165, 1.54) is 4.88 Å². The van der Waals surface area contributed by atoms with Crippen LogP contribution in [0.25, 0.3) is 0 Å².